The van der Waals surface area contributed by atoms with Crippen LogP contribution in [0.4, 0.5) is 0 Å². The van der Waals surface area contributed by atoms with Gasteiger partial charge in [-0.3, -0.25) is 24.7 Å². The number of rotatable bonds is 1. The van der Waals surface area contributed by atoms with E-state index in [0.717, 1.165) is 0 Å². The van der Waals surface area contributed by atoms with Crippen LogP contribution >= 0.6 is 12.6 Å². The molecule has 90 valence electrons. The molecule has 0 spiro atoms. The van der Waals surface area contributed by atoms with Gasteiger partial charge in [-0.2, -0.15) is 17.9 Å². The van der Waals surface area contributed by atoms with Crippen LogP contribution in [0.2, 0.25) is 0 Å². The third-order valence-corrected chi connectivity index (χ3v) is 1.87. The summed E-state index contributed by atoms with van der Waals surface area (Å²) >= 11 is 3.78. The summed E-state index contributed by atoms with van der Waals surface area (Å²) in [6, 6.07) is 1.94. The van der Waals surface area contributed by atoms with E-state index < -0.39 is 16.9 Å². The highest BCUT2D eigenvalue weighted by atomic mass is 32.1. The summed E-state index contributed by atoms with van der Waals surface area (Å²) in [5.74, 6) is 0.677. The monoisotopic (exact) mass is 255 g/mol. The zero-order valence-corrected chi connectivity index (χ0v) is 9.43. The Hall–Kier alpha value is -2.21. The maximum atomic E-state index is 10.9. The van der Waals surface area contributed by atoms with Crippen LogP contribution in [0.15, 0.2) is 14.4 Å². The molecule has 9 heteroatoms. The molecule has 2 rings (SSSR count). The molecule has 0 aromatic carbocycles. The molecular weight excluding hydrogens is 246 g/mol. The van der Waals surface area contributed by atoms with E-state index in [-0.39, 0.29) is 11.2 Å². The summed E-state index contributed by atoms with van der Waals surface area (Å²) in [4.78, 5) is 41.0. The number of fused-ring (bicyclic) bond motifs is 1. The minimum Gasteiger partial charge on any atom is -0.300 e. The Labute approximate surface area is 99.1 Å². The lowest BCUT2D eigenvalue weighted by Gasteiger charge is -1.83. The molecule has 0 unspecified atom stereocenters. The van der Waals surface area contributed by atoms with Crippen LogP contribution in [0.1, 0.15) is 6.42 Å². The number of imidazole rings is 1. The Morgan fingerprint density at radius 1 is 1.06 bits per heavy atom. The van der Waals surface area contributed by atoms with E-state index >= 15 is 0 Å². The van der Waals surface area contributed by atoms with E-state index in [2.05, 4.69) is 27.6 Å². The number of hydrogen-bond donors (Lipinski definition) is 5. The zero-order valence-electron chi connectivity index (χ0n) is 8.53. The highest BCUT2D eigenvalue weighted by Crippen LogP contribution is 1.88. The SMILES string of the molecule is N#CCCS.O=c1[nH]c(=O)c2[nH]c(=O)[nH]c2[nH]1. The van der Waals surface area contributed by atoms with Gasteiger partial charge in [0.1, 0.15) is 11.2 Å². The molecule has 2 heterocycles. The van der Waals surface area contributed by atoms with E-state index in [9.17, 15) is 14.4 Å². The normalized spacial score (nSPS) is 9.41. The van der Waals surface area contributed by atoms with Gasteiger partial charge >= 0.3 is 11.4 Å². The second kappa shape index (κ2) is 5.76. The van der Waals surface area contributed by atoms with Crippen LogP contribution in [0.5, 0.6) is 0 Å². The number of aromatic amines is 4. The standard InChI is InChI=1S/C5H4N4O3.C3H5NS/c10-3-1-2(7-4(11)6-1)8-5(12)9-3;4-2-1-3-5/h(H4,6,7,8,9,10,11,12);5H,1,3H2. The topological polar surface area (TPSA) is 138 Å². The number of hydrogen-bond acceptors (Lipinski definition) is 5. The van der Waals surface area contributed by atoms with Gasteiger partial charge in [-0.05, 0) is 0 Å². The molecule has 0 atom stereocenters. The van der Waals surface area contributed by atoms with Gasteiger partial charge in [0.05, 0.1) is 6.07 Å². The summed E-state index contributed by atoms with van der Waals surface area (Å²) in [7, 11) is 0. The fourth-order valence-electron chi connectivity index (χ4n) is 1.01. The van der Waals surface area contributed by atoms with Crippen LogP contribution in [-0.4, -0.2) is 25.7 Å². The van der Waals surface area contributed by atoms with Gasteiger partial charge < -0.3 is 0 Å². The molecular formula is C8H9N5O3S. The number of H-pyrrole nitrogens is 4. The zero-order chi connectivity index (χ0) is 12.8. The summed E-state index contributed by atoms with van der Waals surface area (Å²) in [6.07, 6.45) is 0.559. The van der Waals surface area contributed by atoms with E-state index in [0.29, 0.717) is 12.2 Å². The maximum Gasteiger partial charge on any atom is 0.327 e. The lowest BCUT2D eigenvalue weighted by Crippen LogP contribution is -2.21. The third kappa shape index (κ3) is 3.39. The van der Waals surface area contributed by atoms with Crippen LogP contribution in [0, 0.1) is 11.3 Å². The Morgan fingerprint density at radius 2 is 1.65 bits per heavy atom. The Kier molecular flexibility index (Phi) is 4.36. The first-order chi connectivity index (χ1) is 8.08. The Balaban J connectivity index is 0.000000249. The van der Waals surface area contributed by atoms with Gasteiger partial charge in [0.2, 0.25) is 0 Å². The van der Waals surface area contributed by atoms with Gasteiger partial charge in [0, 0.05) is 12.2 Å². The highest BCUT2D eigenvalue weighted by Gasteiger charge is 2.02. The molecule has 2 aromatic rings. The molecule has 0 fully saturated rings. The van der Waals surface area contributed by atoms with Crippen molar-refractivity contribution in [2.24, 2.45) is 0 Å². The van der Waals surface area contributed by atoms with Crippen molar-refractivity contribution in [3.8, 4) is 6.07 Å². The Bertz CT molecular complexity index is 700. The lowest BCUT2D eigenvalue weighted by atomic mass is 10.5. The van der Waals surface area contributed by atoms with E-state index in [1.807, 2.05) is 11.1 Å². The van der Waals surface area contributed by atoms with Crippen LogP contribution in [0.3, 0.4) is 0 Å². The van der Waals surface area contributed by atoms with Crippen molar-refractivity contribution < 1.29 is 0 Å². The lowest BCUT2D eigenvalue weighted by molar-refractivity contribution is 1.07. The van der Waals surface area contributed by atoms with Gasteiger partial charge in [-0.25, -0.2) is 9.59 Å². The van der Waals surface area contributed by atoms with Gasteiger partial charge in [0.15, 0.2) is 0 Å². The number of nitriles is 1. The molecule has 0 amide bonds. The van der Waals surface area contributed by atoms with Crippen molar-refractivity contribution in [1.82, 2.24) is 19.9 Å². The predicted octanol–water partition coefficient (Wildman–Crippen LogP) is -0.937. The Morgan fingerprint density at radius 3 is 2.12 bits per heavy atom. The van der Waals surface area contributed by atoms with E-state index in [1.54, 1.807) is 0 Å². The van der Waals surface area contributed by atoms with Gasteiger partial charge in [0.25, 0.3) is 5.56 Å². The molecule has 0 saturated heterocycles. The number of aromatic nitrogens is 4. The summed E-state index contributed by atoms with van der Waals surface area (Å²) in [5, 5.41) is 7.77. The second-order valence-electron chi connectivity index (χ2n) is 2.87. The third-order valence-electron chi connectivity index (χ3n) is 1.64. The number of nitrogens with zero attached hydrogens (tertiary/aromatic N) is 1. The molecule has 17 heavy (non-hydrogen) atoms. The molecule has 2 aromatic heterocycles. The average Bonchev–Trinajstić information content (AvgIpc) is 2.61. The van der Waals surface area contributed by atoms with Crippen molar-refractivity contribution in [2.45, 2.75) is 6.42 Å². The summed E-state index contributed by atoms with van der Waals surface area (Å²) in [5.41, 5.74) is -1.65. The maximum absolute atomic E-state index is 10.9. The van der Waals surface area contributed by atoms with E-state index in [1.165, 1.54) is 0 Å². The summed E-state index contributed by atoms with van der Waals surface area (Å²) in [6.45, 7) is 0. The van der Waals surface area contributed by atoms with Crippen molar-refractivity contribution in [3.63, 3.8) is 0 Å². The van der Waals surface area contributed by atoms with E-state index in [4.69, 9.17) is 5.26 Å². The second-order valence-corrected chi connectivity index (χ2v) is 3.32. The minimum absolute atomic E-state index is 0.0413. The number of nitrogens with one attached hydrogen (secondary N) is 4. The molecule has 0 saturated carbocycles. The molecule has 0 aliphatic heterocycles. The largest absolute Gasteiger partial charge is 0.327 e. The van der Waals surface area contributed by atoms with Crippen LogP contribution < -0.4 is 16.9 Å². The van der Waals surface area contributed by atoms with Gasteiger partial charge in [-0.15, -0.1) is 0 Å². The quantitative estimate of drug-likeness (QED) is 0.420. The molecule has 0 bridgehead atoms. The first-order valence-corrected chi connectivity index (χ1v) is 5.14. The first-order valence-electron chi connectivity index (χ1n) is 4.51. The van der Waals surface area contributed by atoms with Crippen LogP contribution in [0.25, 0.3) is 11.2 Å². The van der Waals surface area contributed by atoms with Crippen molar-refractivity contribution >= 4 is 23.8 Å². The highest BCUT2D eigenvalue weighted by molar-refractivity contribution is 7.80. The van der Waals surface area contributed by atoms with Gasteiger partial charge in [-0.1, -0.05) is 0 Å². The first kappa shape index (κ1) is 12.9. The van der Waals surface area contributed by atoms with Crippen molar-refractivity contribution in [3.05, 3.63) is 31.3 Å². The molecule has 0 aliphatic rings. The summed E-state index contributed by atoms with van der Waals surface area (Å²) < 4.78 is 0. The fourth-order valence-corrected chi connectivity index (χ4v) is 1.11. The molecule has 0 aliphatic carbocycles. The average molecular weight is 255 g/mol. The fraction of sp³-hybridized carbons (Fsp3) is 0.250. The molecule has 0 radical (unpaired) electrons. The van der Waals surface area contributed by atoms with Crippen molar-refractivity contribution in [2.75, 3.05) is 5.75 Å². The smallest absolute Gasteiger partial charge is 0.300 e. The molecule has 8 nitrogen and oxygen atoms in total. The molecule has 4 N–H and O–H groups in total. The predicted molar refractivity (Wildman–Crippen MR) is 64.2 cm³/mol. The van der Waals surface area contributed by atoms with Crippen LogP contribution in [-0.2, 0) is 0 Å². The number of thiol groups is 1. The minimum atomic E-state index is -0.650. The van der Waals surface area contributed by atoms with Crippen molar-refractivity contribution in [1.29, 1.82) is 5.26 Å².